The van der Waals surface area contributed by atoms with Gasteiger partial charge in [-0.05, 0) is 38.6 Å². The number of hydrogen-bond donors (Lipinski definition) is 3. The van der Waals surface area contributed by atoms with E-state index in [0.29, 0.717) is 6.04 Å². The van der Waals surface area contributed by atoms with E-state index in [9.17, 15) is 5.11 Å². The maximum Gasteiger partial charge on any atom is 0.105 e. The summed E-state index contributed by atoms with van der Waals surface area (Å²) in [5.41, 5.74) is 5.47. The van der Waals surface area contributed by atoms with Crippen molar-refractivity contribution in [2.24, 2.45) is 5.73 Å². The summed E-state index contributed by atoms with van der Waals surface area (Å²) in [6.45, 7) is 0.732. The zero-order chi connectivity index (χ0) is 13.1. The second-order valence-corrected chi connectivity index (χ2v) is 5.72. The van der Waals surface area contributed by atoms with Crippen molar-refractivity contribution in [3.8, 4) is 0 Å². The van der Waals surface area contributed by atoms with Crippen molar-refractivity contribution in [3.05, 3.63) is 0 Å². The Balaban J connectivity index is 2.18. The normalized spacial score (nSPS) is 21.7. The van der Waals surface area contributed by atoms with E-state index >= 15 is 0 Å². The van der Waals surface area contributed by atoms with E-state index in [1.54, 1.807) is 0 Å². The van der Waals surface area contributed by atoms with Gasteiger partial charge in [0.25, 0.3) is 0 Å². The lowest BCUT2D eigenvalue weighted by molar-refractivity contribution is 0.105. The summed E-state index contributed by atoms with van der Waals surface area (Å²) in [6, 6.07) is 0.524. The van der Waals surface area contributed by atoms with Gasteiger partial charge in [0.15, 0.2) is 0 Å². The molecule has 0 amide bonds. The number of hydrogen-bond acceptors (Lipinski definition) is 3. The van der Waals surface area contributed by atoms with Crippen molar-refractivity contribution in [2.45, 2.75) is 89.3 Å². The maximum absolute atomic E-state index is 9.96. The van der Waals surface area contributed by atoms with Crippen LogP contribution >= 0.6 is 0 Å². The minimum Gasteiger partial charge on any atom is -0.379 e. The van der Waals surface area contributed by atoms with Crippen molar-refractivity contribution >= 4 is 0 Å². The third-order valence-corrected chi connectivity index (χ3v) is 3.96. The molecule has 3 heteroatoms. The van der Waals surface area contributed by atoms with Crippen molar-refractivity contribution in [2.75, 3.05) is 6.54 Å². The number of aliphatic hydroxyl groups excluding tert-OH is 1. The highest BCUT2D eigenvalue weighted by atomic mass is 16.3. The quantitative estimate of drug-likeness (QED) is 0.506. The van der Waals surface area contributed by atoms with Crippen LogP contribution in [0.2, 0.25) is 0 Å². The highest BCUT2D eigenvalue weighted by molar-refractivity contribution is 4.70. The van der Waals surface area contributed by atoms with Gasteiger partial charge in [0.2, 0.25) is 0 Å². The first-order chi connectivity index (χ1) is 8.83. The summed E-state index contributed by atoms with van der Waals surface area (Å²) in [6.07, 6.45) is 14.6. The van der Waals surface area contributed by atoms with Crippen LogP contribution in [0.25, 0.3) is 0 Å². The summed E-state index contributed by atoms with van der Waals surface area (Å²) in [4.78, 5) is 0. The molecule has 18 heavy (non-hydrogen) atoms. The highest BCUT2D eigenvalue weighted by Crippen LogP contribution is 2.17. The van der Waals surface area contributed by atoms with Gasteiger partial charge in [-0.15, -0.1) is 0 Å². The van der Waals surface area contributed by atoms with Gasteiger partial charge in [-0.2, -0.15) is 0 Å². The van der Waals surface area contributed by atoms with Gasteiger partial charge < -0.3 is 10.8 Å². The molecule has 1 aliphatic carbocycles. The topological polar surface area (TPSA) is 58.3 Å². The summed E-state index contributed by atoms with van der Waals surface area (Å²) in [5.74, 6) is 0. The van der Waals surface area contributed by atoms with Crippen LogP contribution in [-0.4, -0.2) is 23.9 Å². The number of rotatable bonds is 6. The highest BCUT2D eigenvalue weighted by Gasteiger charge is 2.13. The molecule has 108 valence electrons. The molecule has 1 saturated carbocycles. The summed E-state index contributed by atoms with van der Waals surface area (Å²) < 4.78 is 0. The fourth-order valence-electron chi connectivity index (χ4n) is 2.81. The van der Waals surface area contributed by atoms with Gasteiger partial charge in [-0.1, -0.05) is 44.9 Å². The van der Waals surface area contributed by atoms with E-state index < -0.39 is 0 Å². The number of unbranched alkanes of at least 4 members (excludes halogenated alkanes) is 1. The Bertz CT molecular complexity index is 177. The molecule has 1 fully saturated rings. The third kappa shape index (κ3) is 8.06. The van der Waals surface area contributed by atoms with E-state index in [4.69, 9.17) is 5.73 Å². The summed E-state index contributed by atoms with van der Waals surface area (Å²) >= 11 is 0. The lowest BCUT2D eigenvalue weighted by Gasteiger charge is -2.23. The molecule has 1 rings (SSSR count). The average molecular weight is 256 g/mol. The molecule has 0 saturated heterocycles. The first-order valence-electron chi connectivity index (χ1n) is 7.97. The molecule has 0 bridgehead atoms. The standard InChI is InChI=1S/C15H32N2O/c16-13-9-8-12-15(18)17-14-10-6-4-2-1-3-5-7-11-14/h14-15,17-18H,1-13,16H2. The van der Waals surface area contributed by atoms with Gasteiger partial charge in [-0.25, -0.2) is 0 Å². The Morgan fingerprint density at radius 2 is 1.50 bits per heavy atom. The minimum atomic E-state index is -0.329. The van der Waals surface area contributed by atoms with Crippen LogP contribution in [0.5, 0.6) is 0 Å². The third-order valence-electron chi connectivity index (χ3n) is 3.96. The fraction of sp³-hybridized carbons (Fsp3) is 1.00. The van der Waals surface area contributed by atoms with Crippen LogP contribution in [0, 0.1) is 0 Å². The van der Waals surface area contributed by atoms with Crippen LogP contribution in [-0.2, 0) is 0 Å². The molecule has 0 heterocycles. The van der Waals surface area contributed by atoms with Crippen LogP contribution in [0.15, 0.2) is 0 Å². The molecular weight excluding hydrogens is 224 g/mol. The van der Waals surface area contributed by atoms with Gasteiger partial charge in [0.05, 0.1) is 0 Å². The monoisotopic (exact) mass is 256 g/mol. The smallest absolute Gasteiger partial charge is 0.105 e. The Labute approximate surface area is 113 Å². The molecule has 4 N–H and O–H groups in total. The summed E-state index contributed by atoms with van der Waals surface area (Å²) in [7, 11) is 0. The second-order valence-electron chi connectivity index (χ2n) is 5.72. The fourth-order valence-corrected chi connectivity index (χ4v) is 2.81. The van der Waals surface area contributed by atoms with E-state index in [1.165, 1.54) is 57.8 Å². The molecule has 0 aliphatic heterocycles. The molecule has 0 spiro atoms. The first kappa shape index (κ1) is 15.9. The van der Waals surface area contributed by atoms with E-state index in [0.717, 1.165) is 25.8 Å². The van der Waals surface area contributed by atoms with E-state index in [1.807, 2.05) is 0 Å². The average Bonchev–Trinajstić information content (AvgIpc) is 2.37. The Hall–Kier alpha value is -0.120. The Morgan fingerprint density at radius 1 is 0.944 bits per heavy atom. The van der Waals surface area contributed by atoms with Crippen molar-refractivity contribution in [1.82, 2.24) is 5.32 Å². The number of nitrogens with one attached hydrogen (secondary N) is 1. The first-order valence-corrected chi connectivity index (χ1v) is 7.97. The van der Waals surface area contributed by atoms with E-state index in [2.05, 4.69) is 5.32 Å². The largest absolute Gasteiger partial charge is 0.379 e. The molecule has 0 radical (unpaired) electrons. The van der Waals surface area contributed by atoms with Crippen molar-refractivity contribution in [3.63, 3.8) is 0 Å². The lowest BCUT2D eigenvalue weighted by atomic mass is 9.97. The van der Waals surface area contributed by atoms with Gasteiger partial charge in [-0.3, -0.25) is 5.32 Å². The lowest BCUT2D eigenvalue weighted by Crippen LogP contribution is -2.38. The van der Waals surface area contributed by atoms with Crippen LogP contribution in [0.1, 0.15) is 77.0 Å². The molecule has 3 nitrogen and oxygen atoms in total. The SMILES string of the molecule is NCCCCC(O)NC1CCCCCCCCC1. The Morgan fingerprint density at radius 3 is 2.06 bits per heavy atom. The number of nitrogens with two attached hydrogens (primary N) is 1. The van der Waals surface area contributed by atoms with Crippen LogP contribution in [0.4, 0.5) is 0 Å². The van der Waals surface area contributed by atoms with E-state index in [-0.39, 0.29) is 6.23 Å². The zero-order valence-electron chi connectivity index (χ0n) is 11.9. The minimum absolute atomic E-state index is 0.329. The van der Waals surface area contributed by atoms with Gasteiger partial charge in [0, 0.05) is 6.04 Å². The summed E-state index contributed by atoms with van der Waals surface area (Å²) in [5, 5.41) is 13.4. The van der Waals surface area contributed by atoms with Gasteiger partial charge >= 0.3 is 0 Å². The number of aliphatic hydroxyl groups is 1. The second kappa shape index (κ2) is 10.8. The molecule has 0 aromatic heterocycles. The van der Waals surface area contributed by atoms with Crippen LogP contribution < -0.4 is 11.1 Å². The zero-order valence-corrected chi connectivity index (χ0v) is 11.9. The Kier molecular flexibility index (Phi) is 9.54. The molecule has 1 unspecified atom stereocenters. The predicted octanol–water partition coefficient (Wildman–Crippen LogP) is 2.92. The predicted molar refractivity (Wildman–Crippen MR) is 77.4 cm³/mol. The maximum atomic E-state index is 9.96. The van der Waals surface area contributed by atoms with Crippen LogP contribution in [0.3, 0.4) is 0 Å². The van der Waals surface area contributed by atoms with Gasteiger partial charge in [0.1, 0.15) is 6.23 Å². The van der Waals surface area contributed by atoms with Crippen molar-refractivity contribution < 1.29 is 5.11 Å². The molecule has 0 aromatic rings. The molecule has 1 aliphatic rings. The molecule has 0 aromatic carbocycles. The van der Waals surface area contributed by atoms with Crippen molar-refractivity contribution in [1.29, 1.82) is 0 Å². The molecular formula is C15H32N2O. The molecule has 1 atom stereocenters.